The molecule has 0 unspecified atom stereocenters. The molecule has 1 aliphatic rings. The molecule has 8 nitrogen and oxygen atoms in total. The Kier molecular flexibility index (Phi) is 6.81. The largest absolute Gasteiger partial charge is 0.437 e. The maximum absolute atomic E-state index is 12.9. The number of sulfonamides is 1. The highest BCUT2D eigenvalue weighted by molar-refractivity contribution is 7.89. The van der Waals surface area contributed by atoms with Gasteiger partial charge in [-0.25, -0.2) is 13.2 Å². The van der Waals surface area contributed by atoms with Gasteiger partial charge in [0.25, 0.3) is 0 Å². The highest BCUT2D eigenvalue weighted by atomic mass is 32.2. The van der Waals surface area contributed by atoms with Crippen LogP contribution in [0.15, 0.2) is 58.6 Å². The zero-order chi connectivity index (χ0) is 23.4. The maximum atomic E-state index is 12.9. The van der Waals surface area contributed by atoms with Gasteiger partial charge in [0.1, 0.15) is 0 Å². The number of carbonyl (C=O) groups is 1. The highest BCUT2D eigenvalue weighted by Gasteiger charge is 2.33. The van der Waals surface area contributed by atoms with Crippen LogP contribution in [-0.2, 0) is 21.0 Å². The first-order valence-electron chi connectivity index (χ1n) is 9.31. The number of oxime groups is 1. The normalized spacial score (nSPS) is 15.0. The van der Waals surface area contributed by atoms with E-state index in [1.54, 1.807) is 0 Å². The Morgan fingerprint density at radius 1 is 1.12 bits per heavy atom. The van der Waals surface area contributed by atoms with Crippen LogP contribution < -0.4 is 5.32 Å². The van der Waals surface area contributed by atoms with Crippen molar-refractivity contribution in [1.82, 2.24) is 4.31 Å². The number of hydrogen-bond donors (Lipinski definition) is 1. The van der Waals surface area contributed by atoms with Gasteiger partial charge in [0.2, 0.25) is 10.0 Å². The van der Waals surface area contributed by atoms with Gasteiger partial charge >= 0.3 is 12.3 Å². The molecule has 1 aliphatic heterocycles. The highest BCUT2D eigenvalue weighted by Crippen LogP contribution is 2.31. The minimum absolute atomic E-state index is 0.0159. The smallest absolute Gasteiger partial charge is 0.298 e. The van der Waals surface area contributed by atoms with E-state index in [-0.39, 0.29) is 25.9 Å². The molecule has 1 N–H and O–H groups in total. The minimum Gasteiger partial charge on any atom is -0.298 e. The van der Waals surface area contributed by atoms with Gasteiger partial charge in [0.05, 0.1) is 27.8 Å². The Morgan fingerprint density at radius 2 is 1.78 bits per heavy atom. The van der Waals surface area contributed by atoms with Crippen molar-refractivity contribution in [3.63, 3.8) is 0 Å². The third-order valence-corrected chi connectivity index (χ3v) is 6.51. The van der Waals surface area contributed by atoms with Crippen LogP contribution in [0.3, 0.4) is 0 Å². The molecule has 1 saturated heterocycles. The lowest BCUT2D eigenvalue weighted by molar-refractivity contribution is -0.137. The number of carbonyl (C=O) groups excluding carboxylic acids is 1. The fourth-order valence-electron chi connectivity index (χ4n) is 2.93. The van der Waals surface area contributed by atoms with Gasteiger partial charge in [0.15, 0.2) is 0 Å². The lowest BCUT2D eigenvalue weighted by Crippen LogP contribution is -2.38. The molecular formula is C20H17F3N4O4S. The number of hydrogen-bond acceptors (Lipinski definition) is 6. The van der Waals surface area contributed by atoms with Gasteiger partial charge in [-0.1, -0.05) is 11.2 Å². The molecule has 0 aromatic heterocycles. The summed E-state index contributed by atoms with van der Waals surface area (Å²) in [6.45, 7) is -0.0317. The van der Waals surface area contributed by atoms with Gasteiger partial charge in [-0.3, -0.25) is 10.2 Å². The number of anilines is 1. The van der Waals surface area contributed by atoms with Crippen molar-refractivity contribution in [2.45, 2.75) is 23.9 Å². The first-order chi connectivity index (χ1) is 15.1. The Morgan fingerprint density at radius 3 is 2.38 bits per heavy atom. The van der Waals surface area contributed by atoms with Gasteiger partial charge in [-0.15, -0.1) is 0 Å². The number of nitrogens with zero attached hydrogens (tertiary/aromatic N) is 3. The molecule has 0 aliphatic carbocycles. The van der Waals surface area contributed by atoms with Gasteiger partial charge in [-0.2, -0.15) is 22.7 Å². The van der Waals surface area contributed by atoms with Crippen molar-refractivity contribution in [1.29, 1.82) is 5.26 Å². The second kappa shape index (κ2) is 9.37. The Balaban J connectivity index is 1.57. The van der Waals surface area contributed by atoms with Crippen LogP contribution in [0.4, 0.5) is 23.7 Å². The van der Waals surface area contributed by atoms with Crippen LogP contribution in [0.1, 0.15) is 24.0 Å². The summed E-state index contributed by atoms with van der Waals surface area (Å²) in [5, 5.41) is 14.9. The number of amides is 1. The number of nitriles is 1. The summed E-state index contributed by atoms with van der Waals surface area (Å²) in [7, 11) is -4.11. The van der Waals surface area contributed by atoms with Crippen molar-refractivity contribution in [2.24, 2.45) is 5.16 Å². The Hall–Kier alpha value is -3.43. The second-order valence-electron chi connectivity index (χ2n) is 6.78. The summed E-state index contributed by atoms with van der Waals surface area (Å²) < 4.78 is 65.1. The number of piperidine rings is 1. The topological polar surface area (TPSA) is 112 Å². The van der Waals surface area contributed by atoms with Crippen molar-refractivity contribution < 1.29 is 31.2 Å². The van der Waals surface area contributed by atoms with Gasteiger partial charge in [-0.05, 0) is 42.5 Å². The van der Waals surface area contributed by atoms with E-state index >= 15 is 0 Å². The van der Waals surface area contributed by atoms with Crippen LogP contribution in [0.25, 0.3) is 0 Å². The monoisotopic (exact) mass is 466 g/mol. The van der Waals surface area contributed by atoms with E-state index in [1.807, 2.05) is 6.07 Å². The van der Waals surface area contributed by atoms with E-state index < -0.39 is 32.8 Å². The quantitative estimate of drug-likeness (QED) is 0.541. The van der Waals surface area contributed by atoms with E-state index in [1.165, 1.54) is 24.3 Å². The third kappa shape index (κ3) is 5.63. The number of halogens is 3. The molecule has 1 fully saturated rings. The molecule has 32 heavy (non-hydrogen) atoms. The van der Waals surface area contributed by atoms with Gasteiger partial charge in [0, 0.05) is 31.6 Å². The average molecular weight is 466 g/mol. The van der Waals surface area contributed by atoms with Crippen LogP contribution >= 0.6 is 0 Å². The number of benzene rings is 2. The van der Waals surface area contributed by atoms with E-state index in [4.69, 9.17) is 10.1 Å². The molecule has 0 spiro atoms. The van der Waals surface area contributed by atoms with Crippen LogP contribution in [0, 0.1) is 11.3 Å². The van der Waals surface area contributed by atoms with Crippen molar-refractivity contribution >= 4 is 27.5 Å². The molecule has 3 rings (SSSR count). The van der Waals surface area contributed by atoms with E-state index in [2.05, 4.69) is 10.5 Å². The van der Waals surface area contributed by atoms with E-state index in [0.717, 1.165) is 22.5 Å². The van der Waals surface area contributed by atoms with Crippen LogP contribution in [-0.4, -0.2) is 37.6 Å². The summed E-state index contributed by atoms with van der Waals surface area (Å²) in [5.74, 6) is 0. The standard InChI is InChI=1S/C20H17F3N4O4S/c21-20(22,23)15-2-1-3-18(12-15)32(29,30)27-10-8-17(9-11-27)26-31-19(28)25-16-6-4-14(13-24)5-7-16/h1-7,12H,8-11H2,(H,25,28). The summed E-state index contributed by atoms with van der Waals surface area (Å²) in [6.07, 6.45) is -5.20. The molecule has 12 heteroatoms. The number of rotatable bonds is 4. The summed E-state index contributed by atoms with van der Waals surface area (Å²) in [4.78, 5) is 16.2. The fourth-order valence-corrected chi connectivity index (χ4v) is 4.42. The summed E-state index contributed by atoms with van der Waals surface area (Å²) in [6, 6.07) is 11.6. The maximum Gasteiger partial charge on any atom is 0.437 e. The molecule has 168 valence electrons. The summed E-state index contributed by atoms with van der Waals surface area (Å²) in [5.41, 5.74) is 0.224. The molecule has 2 aromatic rings. The molecule has 2 aromatic carbocycles. The van der Waals surface area contributed by atoms with Crippen LogP contribution in [0.5, 0.6) is 0 Å². The Labute approximate surface area is 181 Å². The zero-order valence-electron chi connectivity index (χ0n) is 16.5. The molecular weight excluding hydrogens is 449 g/mol. The lowest BCUT2D eigenvalue weighted by atomic mass is 10.1. The first-order valence-corrected chi connectivity index (χ1v) is 10.7. The van der Waals surface area contributed by atoms with Crippen LogP contribution in [0.2, 0.25) is 0 Å². The third-order valence-electron chi connectivity index (χ3n) is 4.62. The van der Waals surface area contributed by atoms with E-state index in [0.29, 0.717) is 23.0 Å². The molecule has 0 saturated carbocycles. The molecule has 0 bridgehead atoms. The SMILES string of the molecule is N#Cc1ccc(NC(=O)ON=C2CCN(S(=O)(=O)c3cccc(C(F)(F)F)c3)CC2)cc1. The molecule has 1 amide bonds. The first kappa shape index (κ1) is 23.2. The van der Waals surface area contributed by atoms with Crippen molar-refractivity contribution in [2.75, 3.05) is 18.4 Å². The van der Waals surface area contributed by atoms with E-state index in [9.17, 15) is 26.4 Å². The predicted octanol–water partition coefficient (Wildman–Crippen LogP) is 3.97. The lowest BCUT2D eigenvalue weighted by Gasteiger charge is -2.26. The minimum atomic E-state index is -4.65. The molecule has 0 atom stereocenters. The fraction of sp³-hybridized carbons (Fsp3) is 0.250. The zero-order valence-corrected chi connectivity index (χ0v) is 17.3. The number of nitrogens with one attached hydrogen (secondary N) is 1. The second-order valence-corrected chi connectivity index (χ2v) is 8.72. The molecule has 0 radical (unpaired) electrons. The summed E-state index contributed by atoms with van der Waals surface area (Å²) >= 11 is 0. The average Bonchev–Trinajstić information content (AvgIpc) is 2.78. The van der Waals surface area contributed by atoms with Gasteiger partial charge < -0.3 is 0 Å². The van der Waals surface area contributed by atoms with Crippen molar-refractivity contribution in [3.05, 3.63) is 59.7 Å². The molecule has 1 heterocycles. The predicted molar refractivity (Wildman–Crippen MR) is 108 cm³/mol. The number of alkyl halides is 3. The Bertz CT molecular complexity index is 1160. The van der Waals surface area contributed by atoms with Crippen molar-refractivity contribution in [3.8, 4) is 6.07 Å².